The molecule has 0 amide bonds. The number of hydrogen-bond acceptors (Lipinski definition) is 2. The highest BCUT2D eigenvalue weighted by atomic mass is 15.0. The van der Waals surface area contributed by atoms with Crippen LogP contribution in [0.2, 0.25) is 0 Å². The lowest BCUT2D eigenvalue weighted by Crippen LogP contribution is -2.19. The van der Waals surface area contributed by atoms with Crippen molar-refractivity contribution in [2.45, 2.75) is 32.2 Å². The summed E-state index contributed by atoms with van der Waals surface area (Å²) >= 11 is 0. The van der Waals surface area contributed by atoms with E-state index in [-0.39, 0.29) is 0 Å². The zero-order chi connectivity index (χ0) is 9.54. The minimum absolute atomic E-state index is 0.704. The molecule has 2 nitrogen and oxygen atoms in total. The van der Waals surface area contributed by atoms with Crippen LogP contribution in [0.15, 0.2) is 18.3 Å². The summed E-state index contributed by atoms with van der Waals surface area (Å²) in [6.07, 6.45) is 6.14. The minimum atomic E-state index is 0.704. The fraction of sp³-hybridized carbons (Fsp3) is 0.583. The van der Waals surface area contributed by atoms with Crippen LogP contribution in [0.5, 0.6) is 0 Å². The van der Waals surface area contributed by atoms with Crippen LogP contribution in [-0.2, 0) is 0 Å². The second-order valence-electron chi connectivity index (χ2n) is 4.71. The lowest BCUT2D eigenvalue weighted by molar-refractivity contribution is 0.651. The number of nitrogens with zero attached hydrogens (tertiary/aromatic N) is 1. The van der Waals surface area contributed by atoms with E-state index in [1.54, 1.807) is 0 Å². The molecule has 2 aliphatic carbocycles. The zero-order valence-electron chi connectivity index (χ0n) is 8.53. The molecule has 14 heavy (non-hydrogen) atoms. The quantitative estimate of drug-likeness (QED) is 0.771. The van der Waals surface area contributed by atoms with E-state index in [1.165, 1.54) is 24.8 Å². The monoisotopic (exact) mass is 188 g/mol. The number of fused-ring (bicyclic) bond motifs is 1. The molecular weight excluding hydrogens is 172 g/mol. The summed E-state index contributed by atoms with van der Waals surface area (Å²) in [5, 5.41) is 3.55. The highest BCUT2D eigenvalue weighted by Gasteiger charge is 2.47. The Balaban J connectivity index is 1.69. The van der Waals surface area contributed by atoms with Gasteiger partial charge in [0.2, 0.25) is 0 Å². The van der Waals surface area contributed by atoms with Crippen LogP contribution in [0, 0.1) is 18.8 Å². The van der Waals surface area contributed by atoms with E-state index in [2.05, 4.69) is 29.4 Å². The molecular formula is C12H16N2. The number of rotatable bonds is 2. The summed E-state index contributed by atoms with van der Waals surface area (Å²) in [5.74, 6) is 3.05. The van der Waals surface area contributed by atoms with Gasteiger partial charge in [0.05, 0.1) is 0 Å². The molecule has 3 unspecified atom stereocenters. The number of aryl methyl sites for hydroxylation is 1. The van der Waals surface area contributed by atoms with E-state index in [0.717, 1.165) is 17.7 Å². The molecule has 0 aliphatic heterocycles. The Hall–Kier alpha value is -1.05. The SMILES string of the molecule is Cc1ccc(NC2CCC3CC32)nc1. The van der Waals surface area contributed by atoms with Crippen molar-refractivity contribution >= 4 is 5.82 Å². The third-order valence-electron chi connectivity index (χ3n) is 3.59. The average molecular weight is 188 g/mol. The van der Waals surface area contributed by atoms with Gasteiger partial charge in [-0.25, -0.2) is 4.98 Å². The van der Waals surface area contributed by atoms with Crippen LogP contribution in [-0.4, -0.2) is 11.0 Å². The molecule has 2 aliphatic rings. The van der Waals surface area contributed by atoms with Crippen molar-refractivity contribution in [1.29, 1.82) is 0 Å². The maximum atomic E-state index is 4.38. The van der Waals surface area contributed by atoms with Crippen molar-refractivity contribution < 1.29 is 0 Å². The van der Waals surface area contributed by atoms with Crippen molar-refractivity contribution in [1.82, 2.24) is 4.98 Å². The van der Waals surface area contributed by atoms with Crippen molar-refractivity contribution in [2.24, 2.45) is 11.8 Å². The Labute approximate surface area is 84.7 Å². The predicted octanol–water partition coefficient (Wildman–Crippen LogP) is 2.60. The molecule has 0 bridgehead atoms. The standard InChI is InChI=1S/C12H16N2/c1-8-2-5-12(13-7-8)14-11-4-3-9-6-10(9)11/h2,5,7,9-11H,3-4,6H2,1H3,(H,13,14). The Kier molecular flexibility index (Phi) is 1.76. The Morgan fingerprint density at radius 3 is 2.86 bits per heavy atom. The molecule has 2 heteroatoms. The molecule has 0 aromatic carbocycles. The Morgan fingerprint density at radius 2 is 2.29 bits per heavy atom. The summed E-state index contributed by atoms with van der Waals surface area (Å²) in [6.45, 7) is 2.07. The number of nitrogens with one attached hydrogen (secondary N) is 1. The van der Waals surface area contributed by atoms with Crippen LogP contribution in [0.3, 0.4) is 0 Å². The highest BCUT2D eigenvalue weighted by molar-refractivity contribution is 5.37. The summed E-state index contributed by atoms with van der Waals surface area (Å²) in [7, 11) is 0. The van der Waals surface area contributed by atoms with Gasteiger partial charge in [0.15, 0.2) is 0 Å². The summed E-state index contributed by atoms with van der Waals surface area (Å²) in [5.41, 5.74) is 1.23. The first kappa shape index (κ1) is 8.27. The van der Waals surface area contributed by atoms with E-state index in [4.69, 9.17) is 0 Å². The Bertz CT molecular complexity index is 331. The van der Waals surface area contributed by atoms with E-state index >= 15 is 0 Å². The largest absolute Gasteiger partial charge is 0.367 e. The molecule has 2 fully saturated rings. The van der Waals surface area contributed by atoms with Crippen molar-refractivity contribution in [3.63, 3.8) is 0 Å². The fourth-order valence-corrected chi connectivity index (χ4v) is 2.63. The first-order chi connectivity index (χ1) is 6.83. The molecule has 3 atom stereocenters. The minimum Gasteiger partial charge on any atom is -0.367 e. The number of anilines is 1. The van der Waals surface area contributed by atoms with E-state index in [1.807, 2.05) is 6.20 Å². The fourth-order valence-electron chi connectivity index (χ4n) is 2.63. The number of aromatic nitrogens is 1. The van der Waals surface area contributed by atoms with Gasteiger partial charge in [0, 0.05) is 12.2 Å². The molecule has 0 saturated heterocycles. The van der Waals surface area contributed by atoms with E-state index in [9.17, 15) is 0 Å². The molecule has 2 saturated carbocycles. The molecule has 1 aromatic rings. The lowest BCUT2D eigenvalue weighted by atomic mass is 10.2. The molecule has 1 N–H and O–H groups in total. The molecule has 1 aromatic heterocycles. The van der Waals surface area contributed by atoms with Crippen molar-refractivity contribution in [3.05, 3.63) is 23.9 Å². The third kappa shape index (κ3) is 1.39. The summed E-state index contributed by atoms with van der Waals surface area (Å²) in [6, 6.07) is 4.91. The van der Waals surface area contributed by atoms with Gasteiger partial charge in [-0.05, 0) is 49.7 Å². The second-order valence-corrected chi connectivity index (χ2v) is 4.71. The maximum Gasteiger partial charge on any atom is 0.126 e. The second kappa shape index (κ2) is 2.97. The lowest BCUT2D eigenvalue weighted by Gasteiger charge is -2.14. The van der Waals surface area contributed by atoms with Gasteiger partial charge >= 0.3 is 0 Å². The average Bonchev–Trinajstić information content (AvgIpc) is 2.88. The normalized spacial score (nSPS) is 33.9. The molecule has 3 rings (SSSR count). The number of hydrogen-bond donors (Lipinski definition) is 1. The highest BCUT2D eigenvalue weighted by Crippen LogP contribution is 2.52. The summed E-state index contributed by atoms with van der Waals surface area (Å²) < 4.78 is 0. The molecule has 1 heterocycles. The molecule has 0 spiro atoms. The maximum absolute atomic E-state index is 4.38. The van der Waals surface area contributed by atoms with Gasteiger partial charge in [-0.3, -0.25) is 0 Å². The van der Waals surface area contributed by atoms with Crippen LogP contribution in [0.25, 0.3) is 0 Å². The van der Waals surface area contributed by atoms with Gasteiger partial charge in [0.1, 0.15) is 5.82 Å². The van der Waals surface area contributed by atoms with Crippen molar-refractivity contribution in [3.8, 4) is 0 Å². The van der Waals surface area contributed by atoms with Crippen LogP contribution >= 0.6 is 0 Å². The Morgan fingerprint density at radius 1 is 1.36 bits per heavy atom. The van der Waals surface area contributed by atoms with E-state index < -0.39 is 0 Å². The predicted molar refractivity (Wildman–Crippen MR) is 57.2 cm³/mol. The third-order valence-corrected chi connectivity index (χ3v) is 3.59. The first-order valence-electron chi connectivity index (χ1n) is 5.52. The number of pyridine rings is 1. The smallest absolute Gasteiger partial charge is 0.126 e. The summed E-state index contributed by atoms with van der Waals surface area (Å²) in [4.78, 5) is 4.38. The molecule has 74 valence electrons. The zero-order valence-corrected chi connectivity index (χ0v) is 8.53. The van der Waals surface area contributed by atoms with Gasteiger partial charge in [-0.1, -0.05) is 6.07 Å². The van der Waals surface area contributed by atoms with Crippen LogP contribution < -0.4 is 5.32 Å². The van der Waals surface area contributed by atoms with Crippen molar-refractivity contribution in [2.75, 3.05) is 5.32 Å². The van der Waals surface area contributed by atoms with Crippen LogP contribution in [0.1, 0.15) is 24.8 Å². The van der Waals surface area contributed by atoms with Gasteiger partial charge in [-0.15, -0.1) is 0 Å². The molecule has 0 radical (unpaired) electrons. The van der Waals surface area contributed by atoms with Crippen LogP contribution in [0.4, 0.5) is 5.82 Å². The van der Waals surface area contributed by atoms with Gasteiger partial charge < -0.3 is 5.32 Å². The van der Waals surface area contributed by atoms with E-state index in [0.29, 0.717) is 6.04 Å². The topological polar surface area (TPSA) is 24.9 Å². The van der Waals surface area contributed by atoms with Gasteiger partial charge in [-0.2, -0.15) is 0 Å². The van der Waals surface area contributed by atoms with Gasteiger partial charge in [0.25, 0.3) is 0 Å². The first-order valence-corrected chi connectivity index (χ1v) is 5.52.